The van der Waals surface area contributed by atoms with Gasteiger partial charge in [-0.3, -0.25) is 9.69 Å². The van der Waals surface area contributed by atoms with Crippen LogP contribution in [0.1, 0.15) is 55.3 Å². The number of ether oxygens (including phenoxy) is 1. The molecular formula is C18H25NO2. The number of benzene rings is 1. The Bertz CT molecular complexity index is 500. The van der Waals surface area contributed by atoms with Gasteiger partial charge in [0, 0.05) is 5.56 Å². The molecule has 1 saturated carbocycles. The van der Waals surface area contributed by atoms with Crippen molar-refractivity contribution in [2.75, 3.05) is 20.2 Å². The normalized spacial score (nSPS) is 22.1. The highest BCUT2D eigenvalue weighted by Gasteiger charge is 2.46. The van der Waals surface area contributed by atoms with Crippen molar-refractivity contribution in [1.29, 1.82) is 0 Å². The number of likely N-dealkylation sites (tertiary alicyclic amines) is 1. The van der Waals surface area contributed by atoms with Crippen molar-refractivity contribution >= 4 is 5.78 Å². The number of carbonyl (C=O) groups excluding carboxylic acids is 1. The van der Waals surface area contributed by atoms with E-state index in [1.807, 2.05) is 24.3 Å². The summed E-state index contributed by atoms with van der Waals surface area (Å²) >= 11 is 0. The Balaban J connectivity index is 1.90. The van der Waals surface area contributed by atoms with Crippen LogP contribution in [0.15, 0.2) is 24.3 Å². The molecule has 2 fully saturated rings. The lowest BCUT2D eigenvalue weighted by molar-refractivity contribution is 0.0477. The molecule has 2 aliphatic rings. The highest BCUT2D eigenvalue weighted by Crippen LogP contribution is 2.39. The Morgan fingerprint density at radius 1 is 1.10 bits per heavy atom. The zero-order chi connectivity index (χ0) is 14.7. The molecule has 3 rings (SSSR count). The summed E-state index contributed by atoms with van der Waals surface area (Å²) in [4.78, 5) is 15.7. The number of rotatable bonds is 4. The van der Waals surface area contributed by atoms with E-state index in [-0.39, 0.29) is 5.54 Å². The third-order valence-corrected chi connectivity index (χ3v) is 5.15. The highest BCUT2D eigenvalue weighted by molar-refractivity contribution is 6.03. The Hall–Kier alpha value is -1.35. The van der Waals surface area contributed by atoms with Gasteiger partial charge in [-0.2, -0.15) is 0 Å². The monoisotopic (exact) mass is 287 g/mol. The molecule has 0 spiro atoms. The molecule has 21 heavy (non-hydrogen) atoms. The van der Waals surface area contributed by atoms with Crippen molar-refractivity contribution < 1.29 is 9.53 Å². The van der Waals surface area contributed by atoms with Crippen LogP contribution >= 0.6 is 0 Å². The third kappa shape index (κ3) is 2.71. The Kier molecular flexibility index (Phi) is 4.29. The van der Waals surface area contributed by atoms with Crippen molar-refractivity contribution in [3.63, 3.8) is 0 Å². The summed E-state index contributed by atoms with van der Waals surface area (Å²) in [6, 6.07) is 7.66. The molecule has 1 aliphatic carbocycles. The van der Waals surface area contributed by atoms with E-state index in [1.165, 1.54) is 32.1 Å². The topological polar surface area (TPSA) is 29.5 Å². The molecule has 0 amide bonds. The van der Waals surface area contributed by atoms with Crippen LogP contribution in [0.4, 0.5) is 0 Å². The lowest BCUT2D eigenvalue weighted by Crippen LogP contribution is -2.54. The largest absolute Gasteiger partial charge is 0.497 e. The molecule has 1 saturated heterocycles. The van der Waals surface area contributed by atoms with Crippen molar-refractivity contribution in [2.45, 2.75) is 50.5 Å². The van der Waals surface area contributed by atoms with Crippen molar-refractivity contribution in [3.8, 4) is 5.75 Å². The molecule has 0 bridgehead atoms. The fraction of sp³-hybridized carbons (Fsp3) is 0.611. The smallest absolute Gasteiger partial charge is 0.183 e. The summed E-state index contributed by atoms with van der Waals surface area (Å²) in [5, 5.41) is 0. The van der Waals surface area contributed by atoms with Crippen LogP contribution in [0.2, 0.25) is 0 Å². The molecule has 0 atom stereocenters. The van der Waals surface area contributed by atoms with E-state index in [4.69, 9.17) is 4.74 Å². The van der Waals surface area contributed by atoms with E-state index in [9.17, 15) is 4.79 Å². The maximum absolute atomic E-state index is 13.2. The molecule has 3 nitrogen and oxygen atoms in total. The molecule has 0 N–H and O–H groups in total. The average Bonchev–Trinajstić information content (AvgIpc) is 3.06. The zero-order valence-corrected chi connectivity index (χ0v) is 12.9. The molecule has 1 aliphatic heterocycles. The van der Waals surface area contributed by atoms with Crippen LogP contribution in [0.3, 0.4) is 0 Å². The molecule has 1 aromatic carbocycles. The predicted molar refractivity (Wildman–Crippen MR) is 83.9 cm³/mol. The van der Waals surface area contributed by atoms with E-state index in [0.717, 1.165) is 37.2 Å². The summed E-state index contributed by atoms with van der Waals surface area (Å²) in [7, 11) is 1.65. The minimum Gasteiger partial charge on any atom is -0.497 e. The van der Waals surface area contributed by atoms with Gasteiger partial charge in [-0.15, -0.1) is 0 Å². The van der Waals surface area contributed by atoms with Gasteiger partial charge >= 0.3 is 0 Å². The number of ketones is 1. The van der Waals surface area contributed by atoms with Crippen molar-refractivity contribution in [2.24, 2.45) is 0 Å². The fourth-order valence-corrected chi connectivity index (χ4v) is 4.00. The summed E-state index contributed by atoms with van der Waals surface area (Å²) in [6.07, 6.45) is 8.14. The van der Waals surface area contributed by atoms with E-state index in [2.05, 4.69) is 4.90 Å². The first-order valence-electron chi connectivity index (χ1n) is 8.20. The van der Waals surface area contributed by atoms with Gasteiger partial charge in [-0.1, -0.05) is 31.4 Å². The first kappa shape index (κ1) is 14.6. The van der Waals surface area contributed by atoms with Gasteiger partial charge in [0.15, 0.2) is 5.78 Å². The number of methoxy groups -OCH3 is 1. The Labute approximate surface area is 127 Å². The summed E-state index contributed by atoms with van der Waals surface area (Å²) < 4.78 is 5.28. The molecule has 0 radical (unpaired) electrons. The van der Waals surface area contributed by atoms with Crippen LogP contribution in [-0.4, -0.2) is 36.4 Å². The second-order valence-corrected chi connectivity index (χ2v) is 6.35. The van der Waals surface area contributed by atoms with Gasteiger partial charge in [0.25, 0.3) is 0 Å². The quantitative estimate of drug-likeness (QED) is 0.791. The zero-order valence-electron chi connectivity index (χ0n) is 12.9. The van der Waals surface area contributed by atoms with Crippen LogP contribution in [0.25, 0.3) is 0 Å². The number of carbonyl (C=O) groups is 1. The van der Waals surface area contributed by atoms with Crippen LogP contribution in [-0.2, 0) is 0 Å². The predicted octanol–water partition coefficient (Wildman–Crippen LogP) is 3.68. The standard InChI is InChI=1S/C18H25NO2/c1-21-16-9-7-8-15(14-16)17(20)18(10-3-4-11-18)19-12-5-2-6-13-19/h7-9,14H,2-6,10-13H2,1H3. The lowest BCUT2D eigenvalue weighted by atomic mass is 9.84. The molecule has 1 aromatic rings. The van der Waals surface area contributed by atoms with Gasteiger partial charge in [0.05, 0.1) is 12.6 Å². The lowest BCUT2D eigenvalue weighted by Gasteiger charge is -2.42. The minimum atomic E-state index is -0.243. The van der Waals surface area contributed by atoms with E-state index >= 15 is 0 Å². The fourth-order valence-electron chi connectivity index (χ4n) is 4.00. The SMILES string of the molecule is COc1cccc(C(=O)C2(N3CCCCC3)CCCC2)c1. The minimum absolute atomic E-state index is 0.243. The second kappa shape index (κ2) is 6.18. The van der Waals surface area contributed by atoms with Gasteiger partial charge < -0.3 is 4.74 Å². The van der Waals surface area contributed by atoms with E-state index < -0.39 is 0 Å². The maximum atomic E-state index is 13.2. The van der Waals surface area contributed by atoms with Crippen molar-refractivity contribution in [3.05, 3.63) is 29.8 Å². The maximum Gasteiger partial charge on any atom is 0.183 e. The molecular weight excluding hydrogens is 262 g/mol. The summed E-state index contributed by atoms with van der Waals surface area (Å²) in [5.74, 6) is 1.08. The number of nitrogens with zero attached hydrogens (tertiary/aromatic N) is 1. The molecule has 3 heteroatoms. The molecule has 0 aromatic heterocycles. The summed E-state index contributed by atoms with van der Waals surface area (Å²) in [6.45, 7) is 2.16. The Morgan fingerprint density at radius 2 is 1.81 bits per heavy atom. The number of piperidine rings is 1. The molecule has 0 unspecified atom stereocenters. The first-order chi connectivity index (χ1) is 10.3. The van der Waals surface area contributed by atoms with Gasteiger partial charge in [0.2, 0.25) is 0 Å². The van der Waals surface area contributed by atoms with Crippen molar-refractivity contribution in [1.82, 2.24) is 4.90 Å². The molecule has 114 valence electrons. The van der Waals surface area contributed by atoms with Crippen LogP contribution in [0.5, 0.6) is 5.75 Å². The summed E-state index contributed by atoms with van der Waals surface area (Å²) in [5.41, 5.74) is 0.564. The number of hydrogen-bond donors (Lipinski definition) is 0. The molecule has 1 heterocycles. The first-order valence-corrected chi connectivity index (χ1v) is 8.20. The Morgan fingerprint density at radius 3 is 2.48 bits per heavy atom. The third-order valence-electron chi connectivity index (χ3n) is 5.15. The highest BCUT2D eigenvalue weighted by atomic mass is 16.5. The number of Topliss-reactive ketones (excluding diaryl/α,β-unsaturated/α-hetero) is 1. The van der Waals surface area contributed by atoms with Gasteiger partial charge in [-0.05, 0) is 50.9 Å². The van der Waals surface area contributed by atoms with Crippen LogP contribution in [0, 0.1) is 0 Å². The second-order valence-electron chi connectivity index (χ2n) is 6.35. The average molecular weight is 287 g/mol. The number of hydrogen-bond acceptors (Lipinski definition) is 3. The van der Waals surface area contributed by atoms with Crippen LogP contribution < -0.4 is 4.74 Å². The van der Waals surface area contributed by atoms with Gasteiger partial charge in [-0.25, -0.2) is 0 Å². The van der Waals surface area contributed by atoms with E-state index in [0.29, 0.717) is 5.78 Å². The van der Waals surface area contributed by atoms with E-state index in [1.54, 1.807) is 7.11 Å². The van der Waals surface area contributed by atoms with Gasteiger partial charge in [0.1, 0.15) is 5.75 Å².